The van der Waals surface area contributed by atoms with Crippen molar-refractivity contribution in [2.24, 2.45) is 0 Å². The number of Topliss-reactive ketones (excluding diaryl/α,β-unsaturated/α-hetero) is 1. The van der Waals surface area contributed by atoms with Gasteiger partial charge in [-0.25, -0.2) is 4.39 Å². The second kappa shape index (κ2) is 9.77. The minimum Gasteiger partial charge on any atom is -0.481 e. The number of para-hydroxylation sites is 2. The summed E-state index contributed by atoms with van der Waals surface area (Å²) < 4.78 is 14.7. The van der Waals surface area contributed by atoms with Crippen LogP contribution >= 0.6 is 0 Å². The zero-order valence-corrected chi connectivity index (χ0v) is 19.5. The molecule has 0 spiro atoms. The molecule has 182 valence electrons. The fourth-order valence-electron chi connectivity index (χ4n) is 5.18. The van der Waals surface area contributed by atoms with Crippen molar-refractivity contribution in [2.45, 2.75) is 37.6 Å². The molecule has 6 nitrogen and oxygen atoms in total. The topological polar surface area (TPSA) is 86.7 Å². The number of halogens is 1. The SMILES string of the molecule is O=C(O)CCC(=O)N1c2ccccc2NC2=C(C(=O)C[C@H](c3ccccc3F)C2)[C@@H]1c1ccccc1. The van der Waals surface area contributed by atoms with Gasteiger partial charge in [0.25, 0.3) is 0 Å². The molecule has 0 aromatic heterocycles. The maximum absolute atomic E-state index is 14.7. The van der Waals surface area contributed by atoms with E-state index < -0.39 is 17.9 Å². The van der Waals surface area contributed by atoms with Gasteiger partial charge < -0.3 is 10.4 Å². The van der Waals surface area contributed by atoms with Crippen molar-refractivity contribution >= 4 is 29.0 Å². The summed E-state index contributed by atoms with van der Waals surface area (Å²) in [6.45, 7) is 0. The van der Waals surface area contributed by atoms with Crippen molar-refractivity contribution in [1.29, 1.82) is 0 Å². The van der Waals surface area contributed by atoms with Crippen molar-refractivity contribution in [3.63, 3.8) is 0 Å². The predicted molar refractivity (Wildman–Crippen MR) is 134 cm³/mol. The number of anilines is 2. The zero-order chi connectivity index (χ0) is 25.2. The Morgan fingerprint density at radius 3 is 2.36 bits per heavy atom. The van der Waals surface area contributed by atoms with Crippen LogP contribution in [0.15, 0.2) is 90.1 Å². The molecule has 0 saturated carbocycles. The zero-order valence-electron chi connectivity index (χ0n) is 19.5. The van der Waals surface area contributed by atoms with E-state index in [4.69, 9.17) is 0 Å². The summed E-state index contributed by atoms with van der Waals surface area (Å²) in [5, 5.41) is 12.6. The van der Waals surface area contributed by atoms with Crippen LogP contribution in [0.2, 0.25) is 0 Å². The minimum atomic E-state index is -1.07. The Kier molecular flexibility index (Phi) is 6.38. The number of carboxylic acids is 1. The number of rotatable bonds is 5. The Morgan fingerprint density at radius 1 is 0.917 bits per heavy atom. The van der Waals surface area contributed by atoms with E-state index in [9.17, 15) is 23.9 Å². The van der Waals surface area contributed by atoms with Gasteiger partial charge in [-0.1, -0.05) is 60.7 Å². The van der Waals surface area contributed by atoms with E-state index in [1.54, 1.807) is 35.2 Å². The standard InChI is InChI=1S/C29H25FN2O4/c30-21-11-5-4-10-20(21)19-16-23-28(25(33)17-19)29(18-8-2-1-3-9-18)32(26(34)14-15-27(35)36)24-13-7-6-12-22(24)31-23/h1-13,19,29,31H,14-17H2,(H,35,36)/t19-,29+/m1/s1. The van der Waals surface area contributed by atoms with Crippen LogP contribution in [0.25, 0.3) is 0 Å². The molecule has 3 aromatic rings. The normalized spacial score (nSPS) is 19.1. The monoisotopic (exact) mass is 484 g/mol. The number of allylic oxidation sites excluding steroid dienone is 1. The number of hydrogen-bond donors (Lipinski definition) is 2. The molecule has 1 heterocycles. The van der Waals surface area contributed by atoms with E-state index in [1.807, 2.05) is 42.5 Å². The molecule has 7 heteroatoms. The lowest BCUT2D eigenvalue weighted by Gasteiger charge is -2.35. The predicted octanol–water partition coefficient (Wildman–Crippen LogP) is 5.59. The Labute approximate surface area is 208 Å². The van der Waals surface area contributed by atoms with Gasteiger partial charge in [-0.15, -0.1) is 0 Å². The average Bonchev–Trinajstić information content (AvgIpc) is 3.02. The molecule has 3 aromatic carbocycles. The third kappa shape index (κ3) is 4.40. The molecule has 2 aliphatic rings. The summed E-state index contributed by atoms with van der Waals surface area (Å²) in [6, 6.07) is 22.2. The second-order valence-corrected chi connectivity index (χ2v) is 9.05. The first-order chi connectivity index (χ1) is 17.4. The number of nitrogens with zero attached hydrogens (tertiary/aromatic N) is 1. The van der Waals surface area contributed by atoms with Crippen molar-refractivity contribution in [3.05, 3.63) is 107 Å². The van der Waals surface area contributed by atoms with Crippen LogP contribution in [-0.2, 0) is 14.4 Å². The Balaban J connectivity index is 1.68. The molecule has 1 amide bonds. The lowest BCUT2D eigenvalue weighted by atomic mass is 9.78. The third-order valence-corrected chi connectivity index (χ3v) is 6.77. The second-order valence-electron chi connectivity index (χ2n) is 9.05. The molecule has 0 fully saturated rings. The summed E-state index contributed by atoms with van der Waals surface area (Å²) in [5.74, 6) is -2.32. The summed E-state index contributed by atoms with van der Waals surface area (Å²) >= 11 is 0. The number of hydrogen-bond acceptors (Lipinski definition) is 4. The number of carbonyl (C=O) groups excluding carboxylic acids is 2. The highest BCUT2D eigenvalue weighted by molar-refractivity contribution is 6.06. The van der Waals surface area contributed by atoms with Crippen molar-refractivity contribution in [1.82, 2.24) is 0 Å². The summed E-state index contributed by atoms with van der Waals surface area (Å²) in [4.78, 5) is 40.2. The van der Waals surface area contributed by atoms with Gasteiger partial charge in [0.2, 0.25) is 5.91 Å². The number of carboxylic acid groups (broad SMARTS) is 1. The molecular weight excluding hydrogens is 459 g/mol. The van der Waals surface area contributed by atoms with Gasteiger partial charge in [0.15, 0.2) is 5.78 Å². The van der Waals surface area contributed by atoms with Crippen LogP contribution in [0.1, 0.15) is 48.8 Å². The van der Waals surface area contributed by atoms with Crippen LogP contribution in [-0.4, -0.2) is 22.8 Å². The first-order valence-electron chi connectivity index (χ1n) is 11.9. The molecule has 0 bridgehead atoms. The van der Waals surface area contributed by atoms with E-state index >= 15 is 0 Å². The number of amides is 1. The number of fused-ring (bicyclic) bond motifs is 1. The number of aliphatic carboxylic acids is 1. The van der Waals surface area contributed by atoms with Crippen molar-refractivity contribution < 1.29 is 23.9 Å². The molecular formula is C29H25FN2O4. The average molecular weight is 485 g/mol. The van der Waals surface area contributed by atoms with E-state index in [0.717, 1.165) is 5.56 Å². The Morgan fingerprint density at radius 2 is 1.61 bits per heavy atom. The van der Waals surface area contributed by atoms with Gasteiger partial charge in [0.1, 0.15) is 5.82 Å². The van der Waals surface area contributed by atoms with E-state index in [0.29, 0.717) is 34.6 Å². The fraction of sp³-hybridized carbons (Fsp3) is 0.207. The van der Waals surface area contributed by atoms with Gasteiger partial charge in [-0.3, -0.25) is 19.3 Å². The smallest absolute Gasteiger partial charge is 0.303 e. The molecule has 2 atom stereocenters. The maximum atomic E-state index is 14.7. The van der Waals surface area contributed by atoms with Gasteiger partial charge >= 0.3 is 5.97 Å². The maximum Gasteiger partial charge on any atom is 0.303 e. The molecule has 0 saturated heterocycles. The third-order valence-electron chi connectivity index (χ3n) is 6.77. The number of nitrogens with one attached hydrogen (secondary N) is 1. The highest BCUT2D eigenvalue weighted by atomic mass is 19.1. The quantitative estimate of drug-likeness (QED) is 0.493. The van der Waals surface area contributed by atoms with Crippen molar-refractivity contribution in [2.75, 3.05) is 10.2 Å². The van der Waals surface area contributed by atoms with Gasteiger partial charge in [0, 0.05) is 24.1 Å². The fourth-order valence-corrected chi connectivity index (χ4v) is 5.18. The number of carbonyl (C=O) groups is 3. The van der Waals surface area contributed by atoms with Crippen LogP contribution in [0, 0.1) is 5.82 Å². The number of ketones is 1. The first-order valence-corrected chi connectivity index (χ1v) is 11.9. The lowest BCUT2D eigenvalue weighted by molar-refractivity contribution is -0.138. The van der Waals surface area contributed by atoms with Crippen molar-refractivity contribution in [3.8, 4) is 0 Å². The summed E-state index contributed by atoms with van der Waals surface area (Å²) in [7, 11) is 0. The highest BCUT2D eigenvalue weighted by Gasteiger charge is 2.41. The van der Waals surface area contributed by atoms with Crippen LogP contribution in [0.4, 0.5) is 15.8 Å². The molecule has 0 unspecified atom stereocenters. The molecule has 1 aliphatic carbocycles. The van der Waals surface area contributed by atoms with E-state index in [-0.39, 0.29) is 36.8 Å². The largest absolute Gasteiger partial charge is 0.481 e. The van der Waals surface area contributed by atoms with E-state index in [1.165, 1.54) is 6.07 Å². The van der Waals surface area contributed by atoms with Gasteiger partial charge in [-0.2, -0.15) is 0 Å². The van der Waals surface area contributed by atoms with Crippen LogP contribution < -0.4 is 10.2 Å². The van der Waals surface area contributed by atoms with Gasteiger partial charge in [-0.05, 0) is 41.7 Å². The number of benzene rings is 3. The van der Waals surface area contributed by atoms with Crippen LogP contribution in [0.3, 0.4) is 0 Å². The molecule has 1 aliphatic heterocycles. The minimum absolute atomic E-state index is 0.109. The molecule has 5 rings (SSSR count). The highest BCUT2D eigenvalue weighted by Crippen LogP contribution is 2.47. The Hall–Kier alpha value is -4.26. The van der Waals surface area contributed by atoms with Gasteiger partial charge in [0.05, 0.1) is 23.8 Å². The van der Waals surface area contributed by atoms with Crippen LogP contribution in [0.5, 0.6) is 0 Å². The summed E-state index contributed by atoms with van der Waals surface area (Å²) in [5.41, 5.74) is 3.52. The molecule has 36 heavy (non-hydrogen) atoms. The Bertz CT molecular complexity index is 1370. The molecule has 0 radical (unpaired) electrons. The lowest BCUT2D eigenvalue weighted by Crippen LogP contribution is -2.38. The first kappa shape index (κ1) is 23.5. The summed E-state index contributed by atoms with van der Waals surface area (Å²) in [6.07, 6.45) is -0.0155. The molecule has 2 N–H and O–H groups in total. The van der Waals surface area contributed by atoms with E-state index in [2.05, 4.69) is 5.32 Å².